The van der Waals surface area contributed by atoms with Crippen molar-refractivity contribution in [1.29, 1.82) is 0 Å². The Hall–Kier alpha value is -0.690. The topological polar surface area (TPSA) is 33.6 Å². The first-order valence-corrected chi connectivity index (χ1v) is 7.10. The molecule has 0 bridgehead atoms. The summed E-state index contributed by atoms with van der Waals surface area (Å²) in [5.74, 6) is 1.67. The van der Waals surface area contributed by atoms with E-state index in [9.17, 15) is 0 Å². The summed E-state index contributed by atoms with van der Waals surface area (Å²) in [6.07, 6.45) is 2.45. The highest BCUT2D eigenvalue weighted by Gasteiger charge is 2.29. The van der Waals surface area contributed by atoms with Crippen molar-refractivity contribution in [3.05, 3.63) is 37.9 Å². The van der Waals surface area contributed by atoms with E-state index in [0.717, 1.165) is 11.5 Å². The molecule has 1 fully saturated rings. The summed E-state index contributed by atoms with van der Waals surface area (Å²) >= 11 is 7.70. The molecule has 1 saturated carbocycles. The van der Waals surface area contributed by atoms with Gasteiger partial charge in [0, 0.05) is 9.49 Å². The molecule has 1 heterocycles. The van der Waals surface area contributed by atoms with Gasteiger partial charge in [0.2, 0.25) is 0 Å². The van der Waals surface area contributed by atoms with Gasteiger partial charge < -0.3 is 0 Å². The lowest BCUT2D eigenvalue weighted by molar-refractivity contribution is 0.864. The molecule has 3 nitrogen and oxygen atoms in total. The maximum Gasteiger partial charge on any atom is 0.199 e. The summed E-state index contributed by atoms with van der Waals surface area (Å²) in [6, 6.07) is 6.28. The summed E-state index contributed by atoms with van der Waals surface area (Å²) in [5.41, 5.74) is 2.41. The van der Waals surface area contributed by atoms with Crippen molar-refractivity contribution in [3.8, 4) is 5.69 Å². The molecular weight excluding hydrogens is 345 g/mol. The number of aromatic nitrogens is 3. The molecule has 0 aliphatic heterocycles. The molecule has 0 saturated heterocycles. The van der Waals surface area contributed by atoms with Gasteiger partial charge >= 0.3 is 0 Å². The highest BCUT2D eigenvalue weighted by atomic mass is 127. The fourth-order valence-electron chi connectivity index (χ4n) is 2.00. The molecule has 88 valence electrons. The standard InChI is InChI=1S/C12H12IN3S/c1-7-9(13)3-2-4-10(7)16-11(8-5-6-8)14-15-12(16)17/h2-4,8H,5-6H2,1H3,(H,15,17). The van der Waals surface area contributed by atoms with Crippen LogP contribution in [0.4, 0.5) is 0 Å². The van der Waals surface area contributed by atoms with Gasteiger partial charge in [-0.05, 0) is 72.3 Å². The van der Waals surface area contributed by atoms with Crippen LogP contribution in [0.3, 0.4) is 0 Å². The van der Waals surface area contributed by atoms with Crippen LogP contribution in [0.1, 0.15) is 30.1 Å². The van der Waals surface area contributed by atoms with Gasteiger partial charge in [0.05, 0.1) is 5.69 Å². The van der Waals surface area contributed by atoms with E-state index in [4.69, 9.17) is 12.2 Å². The minimum absolute atomic E-state index is 0.584. The fraction of sp³-hybridized carbons (Fsp3) is 0.333. The van der Waals surface area contributed by atoms with Crippen LogP contribution in [0.15, 0.2) is 18.2 Å². The molecule has 0 atom stereocenters. The first-order valence-electron chi connectivity index (χ1n) is 5.61. The highest BCUT2D eigenvalue weighted by Crippen LogP contribution is 2.40. The van der Waals surface area contributed by atoms with Gasteiger partial charge in [0.15, 0.2) is 4.77 Å². The zero-order chi connectivity index (χ0) is 12.0. The van der Waals surface area contributed by atoms with Gasteiger partial charge in [-0.1, -0.05) is 6.07 Å². The molecule has 0 radical (unpaired) electrons. The predicted molar refractivity (Wildman–Crippen MR) is 78.2 cm³/mol. The van der Waals surface area contributed by atoms with Crippen molar-refractivity contribution in [3.63, 3.8) is 0 Å². The number of rotatable bonds is 2. The molecule has 1 N–H and O–H groups in total. The van der Waals surface area contributed by atoms with Crippen LogP contribution in [0.25, 0.3) is 5.69 Å². The SMILES string of the molecule is Cc1c(I)cccc1-n1c(C2CC2)n[nH]c1=S. The third-order valence-corrected chi connectivity index (χ3v) is 4.56. The molecule has 2 aromatic rings. The first-order chi connectivity index (χ1) is 8.18. The number of aromatic amines is 1. The fourth-order valence-corrected chi connectivity index (χ4v) is 2.72. The average Bonchev–Trinajstić information content (AvgIpc) is 3.08. The van der Waals surface area contributed by atoms with E-state index in [1.54, 1.807) is 0 Å². The number of nitrogens with one attached hydrogen (secondary N) is 1. The van der Waals surface area contributed by atoms with Crippen LogP contribution in [0.2, 0.25) is 0 Å². The second-order valence-corrected chi connectivity index (χ2v) is 5.93. The summed E-state index contributed by atoms with van der Waals surface area (Å²) in [7, 11) is 0. The normalized spacial score (nSPS) is 15.2. The predicted octanol–water partition coefficient (Wildman–Crippen LogP) is 3.72. The van der Waals surface area contributed by atoms with Crippen LogP contribution < -0.4 is 0 Å². The lowest BCUT2D eigenvalue weighted by Gasteiger charge is -2.10. The summed E-state index contributed by atoms with van der Waals surface area (Å²) in [5, 5.41) is 7.29. The molecule has 3 rings (SSSR count). The van der Waals surface area contributed by atoms with Crippen LogP contribution >= 0.6 is 34.8 Å². The number of benzene rings is 1. The highest BCUT2D eigenvalue weighted by molar-refractivity contribution is 14.1. The second kappa shape index (κ2) is 4.20. The molecule has 17 heavy (non-hydrogen) atoms. The maximum atomic E-state index is 5.35. The van der Waals surface area contributed by atoms with Gasteiger partial charge in [-0.25, -0.2) is 0 Å². The van der Waals surface area contributed by atoms with Gasteiger partial charge in [0.1, 0.15) is 5.82 Å². The Morgan fingerprint density at radius 1 is 1.47 bits per heavy atom. The van der Waals surface area contributed by atoms with Gasteiger partial charge in [-0.3, -0.25) is 9.67 Å². The van der Waals surface area contributed by atoms with Gasteiger partial charge in [0.25, 0.3) is 0 Å². The van der Waals surface area contributed by atoms with Crippen LogP contribution in [-0.2, 0) is 0 Å². The van der Waals surface area contributed by atoms with Gasteiger partial charge in [-0.2, -0.15) is 5.10 Å². The summed E-state index contributed by atoms with van der Waals surface area (Å²) in [4.78, 5) is 0. The Morgan fingerprint density at radius 2 is 2.24 bits per heavy atom. The monoisotopic (exact) mass is 357 g/mol. The van der Waals surface area contributed by atoms with Crippen molar-refractivity contribution in [2.45, 2.75) is 25.7 Å². The van der Waals surface area contributed by atoms with E-state index in [2.05, 4.69) is 62.5 Å². The molecule has 1 aromatic carbocycles. The quantitative estimate of drug-likeness (QED) is 0.657. The summed E-state index contributed by atoms with van der Waals surface area (Å²) < 4.78 is 4.03. The number of nitrogens with zero attached hydrogens (tertiary/aromatic N) is 2. The van der Waals surface area contributed by atoms with Crippen LogP contribution in [0, 0.1) is 15.3 Å². The largest absolute Gasteiger partial charge is 0.272 e. The first kappa shape index (κ1) is 11.4. The number of halogens is 1. The lowest BCUT2D eigenvalue weighted by Crippen LogP contribution is -2.03. The van der Waals surface area contributed by atoms with E-state index in [1.165, 1.54) is 22.0 Å². The Labute approximate surface area is 118 Å². The zero-order valence-electron chi connectivity index (χ0n) is 9.40. The molecular formula is C12H12IN3S. The number of H-pyrrole nitrogens is 1. The van der Waals surface area contributed by atoms with E-state index in [0.29, 0.717) is 10.7 Å². The molecule has 5 heteroatoms. The maximum absolute atomic E-state index is 5.35. The molecule has 1 aliphatic carbocycles. The minimum Gasteiger partial charge on any atom is -0.272 e. The van der Waals surface area contributed by atoms with E-state index >= 15 is 0 Å². The molecule has 0 spiro atoms. The second-order valence-electron chi connectivity index (χ2n) is 4.38. The van der Waals surface area contributed by atoms with Crippen LogP contribution in [-0.4, -0.2) is 14.8 Å². The Bertz CT molecular complexity index is 625. The van der Waals surface area contributed by atoms with Gasteiger partial charge in [-0.15, -0.1) is 0 Å². The smallest absolute Gasteiger partial charge is 0.199 e. The van der Waals surface area contributed by atoms with E-state index < -0.39 is 0 Å². The number of hydrogen-bond donors (Lipinski definition) is 1. The minimum atomic E-state index is 0.584. The van der Waals surface area contributed by atoms with E-state index in [-0.39, 0.29) is 0 Å². The molecule has 0 amide bonds. The molecule has 1 aliphatic rings. The third-order valence-electron chi connectivity index (χ3n) is 3.12. The molecule has 1 aromatic heterocycles. The average molecular weight is 357 g/mol. The van der Waals surface area contributed by atoms with Crippen molar-refractivity contribution in [1.82, 2.24) is 14.8 Å². The third kappa shape index (κ3) is 1.95. The van der Waals surface area contributed by atoms with Crippen molar-refractivity contribution in [2.75, 3.05) is 0 Å². The van der Waals surface area contributed by atoms with Crippen molar-refractivity contribution >= 4 is 34.8 Å². The Balaban J connectivity index is 2.24. The molecule has 0 unspecified atom stereocenters. The van der Waals surface area contributed by atoms with Crippen molar-refractivity contribution in [2.24, 2.45) is 0 Å². The number of hydrogen-bond acceptors (Lipinski definition) is 2. The van der Waals surface area contributed by atoms with E-state index in [1.807, 2.05) is 0 Å². The Morgan fingerprint density at radius 3 is 2.94 bits per heavy atom. The van der Waals surface area contributed by atoms with Crippen molar-refractivity contribution < 1.29 is 0 Å². The zero-order valence-corrected chi connectivity index (χ0v) is 12.4. The Kier molecular flexibility index (Phi) is 2.82. The van der Waals surface area contributed by atoms with Crippen LogP contribution in [0.5, 0.6) is 0 Å². The summed E-state index contributed by atoms with van der Waals surface area (Å²) in [6.45, 7) is 2.13. The lowest BCUT2D eigenvalue weighted by atomic mass is 10.2.